The van der Waals surface area contributed by atoms with Crippen LogP contribution in [0.1, 0.15) is 28.3 Å². The molecule has 0 atom stereocenters. The first-order chi connectivity index (χ1) is 7.65. The van der Waals surface area contributed by atoms with Crippen molar-refractivity contribution < 1.29 is 14.3 Å². The molecule has 0 spiro atoms. The molecular formula is C11H17NO3S. The van der Waals surface area contributed by atoms with E-state index in [9.17, 15) is 4.79 Å². The molecule has 1 rings (SSSR count). The van der Waals surface area contributed by atoms with Crippen molar-refractivity contribution >= 4 is 17.7 Å². The predicted molar refractivity (Wildman–Crippen MR) is 65.1 cm³/mol. The number of nitrogens with one attached hydrogen (secondary N) is 1. The highest BCUT2D eigenvalue weighted by atomic mass is 32.2. The molecule has 1 aromatic heterocycles. The summed E-state index contributed by atoms with van der Waals surface area (Å²) in [5.41, 5.74) is 0.918. The van der Waals surface area contributed by atoms with E-state index < -0.39 is 5.97 Å². The molecule has 0 aliphatic heterocycles. The topological polar surface area (TPSA) is 62.5 Å². The van der Waals surface area contributed by atoms with Crippen LogP contribution in [0.25, 0.3) is 0 Å². The molecule has 1 aromatic rings. The molecule has 0 radical (unpaired) electrons. The standard InChI is InChI=1S/C11H17NO3S/c1-8-9(6-10(15-8)11(13)14)7-12-4-3-5-16-2/h6,12H,3-5,7H2,1-2H3,(H,13,14). The zero-order valence-corrected chi connectivity index (χ0v) is 10.4. The second kappa shape index (κ2) is 6.60. The van der Waals surface area contributed by atoms with Gasteiger partial charge in [0.05, 0.1) is 0 Å². The number of carbonyl (C=O) groups is 1. The third-order valence-electron chi connectivity index (χ3n) is 2.25. The first-order valence-corrected chi connectivity index (χ1v) is 6.56. The molecule has 4 nitrogen and oxygen atoms in total. The van der Waals surface area contributed by atoms with Gasteiger partial charge in [0.2, 0.25) is 5.76 Å². The monoisotopic (exact) mass is 243 g/mol. The number of carboxylic acid groups (broad SMARTS) is 1. The maximum absolute atomic E-state index is 10.7. The van der Waals surface area contributed by atoms with Gasteiger partial charge in [-0.15, -0.1) is 0 Å². The molecule has 0 aliphatic carbocycles. The summed E-state index contributed by atoms with van der Waals surface area (Å²) in [6.07, 6.45) is 3.20. The van der Waals surface area contributed by atoms with Gasteiger partial charge in [-0.1, -0.05) is 0 Å². The van der Waals surface area contributed by atoms with Crippen molar-refractivity contribution in [2.45, 2.75) is 19.9 Å². The normalized spacial score (nSPS) is 10.6. The summed E-state index contributed by atoms with van der Waals surface area (Å²) in [7, 11) is 0. The minimum Gasteiger partial charge on any atom is -0.475 e. The second-order valence-corrected chi connectivity index (χ2v) is 4.51. The summed E-state index contributed by atoms with van der Waals surface area (Å²) in [6.45, 7) is 3.39. The molecule has 0 amide bonds. The molecule has 16 heavy (non-hydrogen) atoms. The van der Waals surface area contributed by atoms with Crippen LogP contribution in [0.5, 0.6) is 0 Å². The zero-order valence-electron chi connectivity index (χ0n) is 9.58. The van der Waals surface area contributed by atoms with Crippen molar-refractivity contribution in [3.63, 3.8) is 0 Å². The Morgan fingerprint density at radius 1 is 1.62 bits per heavy atom. The number of carboxylic acids is 1. The van der Waals surface area contributed by atoms with E-state index >= 15 is 0 Å². The van der Waals surface area contributed by atoms with E-state index in [0.29, 0.717) is 12.3 Å². The van der Waals surface area contributed by atoms with Gasteiger partial charge in [0.15, 0.2) is 0 Å². The zero-order chi connectivity index (χ0) is 12.0. The number of hydrogen-bond donors (Lipinski definition) is 2. The fourth-order valence-electron chi connectivity index (χ4n) is 1.37. The summed E-state index contributed by atoms with van der Waals surface area (Å²) in [5.74, 6) is 0.808. The Morgan fingerprint density at radius 2 is 2.38 bits per heavy atom. The smallest absolute Gasteiger partial charge is 0.371 e. The van der Waals surface area contributed by atoms with Crippen LogP contribution in [-0.2, 0) is 6.54 Å². The van der Waals surface area contributed by atoms with Crippen molar-refractivity contribution in [1.29, 1.82) is 0 Å². The molecule has 0 fully saturated rings. The van der Waals surface area contributed by atoms with E-state index in [0.717, 1.165) is 24.3 Å². The van der Waals surface area contributed by atoms with Crippen molar-refractivity contribution in [2.24, 2.45) is 0 Å². The summed E-state index contributed by atoms with van der Waals surface area (Å²) in [6, 6.07) is 1.58. The lowest BCUT2D eigenvalue weighted by molar-refractivity contribution is 0.0661. The first kappa shape index (κ1) is 13.1. The Hall–Kier alpha value is -0.940. The fourth-order valence-corrected chi connectivity index (χ4v) is 1.80. The van der Waals surface area contributed by atoms with E-state index in [-0.39, 0.29) is 5.76 Å². The fraction of sp³-hybridized carbons (Fsp3) is 0.545. The first-order valence-electron chi connectivity index (χ1n) is 5.17. The van der Waals surface area contributed by atoms with Crippen molar-refractivity contribution in [3.05, 3.63) is 23.2 Å². The van der Waals surface area contributed by atoms with Crippen molar-refractivity contribution in [3.8, 4) is 0 Å². The van der Waals surface area contributed by atoms with Crippen LogP contribution >= 0.6 is 11.8 Å². The van der Waals surface area contributed by atoms with Gasteiger partial charge >= 0.3 is 5.97 Å². The molecule has 0 bridgehead atoms. The van der Waals surface area contributed by atoms with Gasteiger partial charge in [-0.25, -0.2) is 4.79 Å². The lowest BCUT2D eigenvalue weighted by atomic mass is 10.2. The highest BCUT2D eigenvalue weighted by molar-refractivity contribution is 7.98. The maximum atomic E-state index is 10.7. The SMILES string of the molecule is CSCCCNCc1cc(C(=O)O)oc1C. The molecule has 0 saturated carbocycles. The number of furan rings is 1. The largest absolute Gasteiger partial charge is 0.475 e. The van der Waals surface area contributed by atoms with Gasteiger partial charge in [-0.05, 0) is 38.0 Å². The molecule has 0 aromatic carbocycles. The average Bonchev–Trinajstić information content (AvgIpc) is 2.60. The maximum Gasteiger partial charge on any atom is 0.371 e. The Bertz CT molecular complexity index is 349. The van der Waals surface area contributed by atoms with Crippen LogP contribution in [0.15, 0.2) is 10.5 Å². The molecular weight excluding hydrogens is 226 g/mol. The van der Waals surface area contributed by atoms with Crippen LogP contribution in [0.4, 0.5) is 0 Å². The molecule has 0 unspecified atom stereocenters. The second-order valence-electron chi connectivity index (χ2n) is 3.52. The third kappa shape index (κ3) is 3.90. The average molecular weight is 243 g/mol. The Labute approximate surface area is 99.4 Å². The number of hydrogen-bond acceptors (Lipinski definition) is 4. The van der Waals surface area contributed by atoms with Crippen LogP contribution in [-0.4, -0.2) is 29.6 Å². The number of aromatic carboxylic acids is 1. The van der Waals surface area contributed by atoms with Crippen molar-refractivity contribution in [2.75, 3.05) is 18.6 Å². The van der Waals surface area contributed by atoms with E-state index in [1.54, 1.807) is 13.0 Å². The van der Waals surface area contributed by atoms with Crippen LogP contribution in [0.2, 0.25) is 0 Å². The van der Waals surface area contributed by atoms with Crippen molar-refractivity contribution in [1.82, 2.24) is 5.32 Å². The minimum absolute atomic E-state index is 0.0124. The number of rotatable bonds is 7. The Kier molecular flexibility index (Phi) is 5.42. The third-order valence-corrected chi connectivity index (χ3v) is 2.95. The Morgan fingerprint density at radius 3 is 2.94 bits per heavy atom. The van der Waals surface area contributed by atoms with Gasteiger partial charge < -0.3 is 14.8 Å². The number of aryl methyl sites for hydroxylation is 1. The summed E-state index contributed by atoms with van der Waals surface area (Å²) in [5, 5.41) is 12.0. The van der Waals surface area contributed by atoms with Gasteiger partial charge in [0.1, 0.15) is 5.76 Å². The van der Waals surface area contributed by atoms with Gasteiger partial charge in [0, 0.05) is 12.1 Å². The van der Waals surface area contributed by atoms with Crippen LogP contribution in [0, 0.1) is 6.92 Å². The Balaban J connectivity index is 2.39. The van der Waals surface area contributed by atoms with E-state index in [1.165, 1.54) is 0 Å². The molecule has 1 heterocycles. The van der Waals surface area contributed by atoms with Crippen LogP contribution < -0.4 is 5.32 Å². The lowest BCUT2D eigenvalue weighted by Crippen LogP contribution is -2.15. The van der Waals surface area contributed by atoms with Gasteiger partial charge in [-0.3, -0.25) is 0 Å². The summed E-state index contributed by atoms with van der Waals surface area (Å²) >= 11 is 1.82. The molecule has 2 N–H and O–H groups in total. The highest BCUT2D eigenvalue weighted by Gasteiger charge is 2.12. The van der Waals surface area contributed by atoms with Gasteiger partial charge in [0.25, 0.3) is 0 Å². The molecule has 5 heteroatoms. The molecule has 90 valence electrons. The quantitative estimate of drug-likeness (QED) is 0.718. The summed E-state index contributed by atoms with van der Waals surface area (Å²) in [4.78, 5) is 10.7. The lowest BCUT2D eigenvalue weighted by Gasteiger charge is -2.02. The van der Waals surface area contributed by atoms with Gasteiger partial charge in [-0.2, -0.15) is 11.8 Å². The molecule has 0 saturated heterocycles. The minimum atomic E-state index is -1.02. The number of thioether (sulfide) groups is 1. The predicted octanol–water partition coefficient (Wildman–Crippen LogP) is 2.13. The summed E-state index contributed by atoms with van der Waals surface area (Å²) < 4.78 is 5.11. The van der Waals surface area contributed by atoms with E-state index in [1.807, 2.05) is 11.8 Å². The van der Waals surface area contributed by atoms with Crippen LogP contribution in [0.3, 0.4) is 0 Å². The van der Waals surface area contributed by atoms with E-state index in [4.69, 9.17) is 9.52 Å². The molecule has 0 aliphatic rings. The highest BCUT2D eigenvalue weighted by Crippen LogP contribution is 2.14. The van der Waals surface area contributed by atoms with E-state index in [2.05, 4.69) is 11.6 Å².